The summed E-state index contributed by atoms with van der Waals surface area (Å²) >= 11 is 0. The van der Waals surface area contributed by atoms with Crippen molar-refractivity contribution in [2.24, 2.45) is 5.92 Å². The molecule has 0 aromatic heterocycles. The number of rotatable bonds is 7. The number of methoxy groups -OCH3 is 1. The van der Waals surface area contributed by atoms with Gasteiger partial charge in [0.2, 0.25) is 5.91 Å². The Morgan fingerprint density at radius 1 is 1.22 bits per heavy atom. The summed E-state index contributed by atoms with van der Waals surface area (Å²) < 4.78 is 10.8. The van der Waals surface area contributed by atoms with Crippen LogP contribution in [-0.4, -0.2) is 30.8 Å². The van der Waals surface area contributed by atoms with Crippen molar-refractivity contribution in [2.45, 2.75) is 25.2 Å². The van der Waals surface area contributed by atoms with Crippen LogP contribution in [0.1, 0.15) is 23.1 Å². The number of benzene rings is 2. The zero-order chi connectivity index (χ0) is 19.4. The Morgan fingerprint density at radius 3 is 2.70 bits per heavy atom. The monoisotopic (exact) mass is 369 g/mol. The molecule has 1 amide bonds. The Kier molecular flexibility index (Phi) is 5.46. The van der Waals surface area contributed by atoms with Gasteiger partial charge in [-0.2, -0.15) is 0 Å². The molecule has 1 aliphatic rings. The van der Waals surface area contributed by atoms with E-state index >= 15 is 0 Å². The van der Waals surface area contributed by atoms with Crippen LogP contribution in [0, 0.1) is 12.8 Å². The van der Waals surface area contributed by atoms with Gasteiger partial charge in [0, 0.05) is 6.42 Å². The summed E-state index contributed by atoms with van der Waals surface area (Å²) in [6.07, 6.45) is 1.06. The molecule has 142 valence electrons. The molecule has 3 rings (SSSR count). The first-order chi connectivity index (χ1) is 13.0. The average Bonchev–Trinajstić information content (AvgIpc) is 3.44. The van der Waals surface area contributed by atoms with E-state index in [1.54, 1.807) is 23.7 Å². The molecule has 0 spiro atoms. The Balaban J connectivity index is 1.72. The number of carbonyl (C=O) groups is 2. The Bertz CT molecular complexity index is 850. The maximum atomic E-state index is 12.3. The molecule has 0 saturated heterocycles. The smallest absolute Gasteiger partial charge is 0.317 e. The van der Waals surface area contributed by atoms with E-state index in [4.69, 9.17) is 14.7 Å². The van der Waals surface area contributed by atoms with Gasteiger partial charge in [-0.05, 0) is 36.6 Å². The van der Waals surface area contributed by atoms with E-state index in [0.29, 0.717) is 24.3 Å². The number of carbonyl (C=O) groups excluding carboxylic acids is 2. The summed E-state index contributed by atoms with van der Waals surface area (Å²) in [6.45, 7) is 2.55. The van der Waals surface area contributed by atoms with Crippen molar-refractivity contribution in [1.82, 2.24) is 5.48 Å². The van der Waals surface area contributed by atoms with E-state index in [-0.39, 0.29) is 0 Å². The lowest BCUT2D eigenvalue weighted by Gasteiger charge is -2.16. The van der Waals surface area contributed by atoms with Crippen LogP contribution in [0.15, 0.2) is 48.5 Å². The number of aryl methyl sites for hydroxylation is 1. The number of esters is 1. The normalized spacial score (nSPS) is 20.6. The second-order valence-electron chi connectivity index (χ2n) is 6.81. The van der Waals surface area contributed by atoms with Crippen LogP contribution < -0.4 is 10.2 Å². The van der Waals surface area contributed by atoms with Crippen molar-refractivity contribution in [1.29, 1.82) is 0 Å². The minimum absolute atomic E-state index is 0.290. The minimum Gasteiger partial charge on any atom is -0.493 e. The summed E-state index contributed by atoms with van der Waals surface area (Å²) in [4.78, 5) is 24.2. The van der Waals surface area contributed by atoms with Crippen LogP contribution in [0.4, 0.5) is 0 Å². The molecule has 0 heterocycles. The van der Waals surface area contributed by atoms with Gasteiger partial charge in [0.25, 0.3) is 0 Å². The Labute approximate surface area is 158 Å². The lowest BCUT2D eigenvalue weighted by atomic mass is 9.92. The third-order valence-electron chi connectivity index (χ3n) is 5.03. The van der Waals surface area contributed by atoms with E-state index in [0.717, 1.165) is 6.42 Å². The molecule has 1 fully saturated rings. The van der Waals surface area contributed by atoms with E-state index in [9.17, 15) is 9.59 Å². The highest BCUT2D eigenvalue weighted by molar-refractivity contribution is 5.97. The van der Waals surface area contributed by atoms with Crippen molar-refractivity contribution in [3.05, 3.63) is 65.2 Å². The van der Waals surface area contributed by atoms with Crippen LogP contribution in [0.2, 0.25) is 0 Å². The first-order valence-electron chi connectivity index (χ1n) is 8.82. The van der Waals surface area contributed by atoms with Gasteiger partial charge >= 0.3 is 5.97 Å². The fourth-order valence-corrected chi connectivity index (χ4v) is 3.52. The number of ether oxygens (including phenoxy) is 2. The molecule has 2 aromatic carbocycles. The van der Waals surface area contributed by atoms with Crippen molar-refractivity contribution in [3.8, 4) is 5.75 Å². The average molecular weight is 369 g/mol. The molecule has 6 heteroatoms. The first-order valence-corrected chi connectivity index (χ1v) is 8.82. The Hall–Kier alpha value is -2.86. The largest absolute Gasteiger partial charge is 0.493 e. The van der Waals surface area contributed by atoms with Crippen LogP contribution in [0.5, 0.6) is 5.75 Å². The highest BCUT2D eigenvalue weighted by Crippen LogP contribution is 2.55. The van der Waals surface area contributed by atoms with Gasteiger partial charge in [-0.1, -0.05) is 42.0 Å². The van der Waals surface area contributed by atoms with Crippen LogP contribution >= 0.6 is 0 Å². The van der Waals surface area contributed by atoms with Crippen molar-refractivity contribution in [3.63, 3.8) is 0 Å². The molecule has 2 N–H and O–H groups in total. The van der Waals surface area contributed by atoms with E-state index in [2.05, 4.69) is 25.1 Å². The third-order valence-corrected chi connectivity index (χ3v) is 5.03. The molecular weight excluding hydrogens is 346 g/mol. The lowest BCUT2D eigenvalue weighted by Crippen LogP contribution is -2.31. The topological polar surface area (TPSA) is 84.9 Å². The predicted molar refractivity (Wildman–Crippen MR) is 98.6 cm³/mol. The van der Waals surface area contributed by atoms with Gasteiger partial charge in [0.15, 0.2) is 0 Å². The van der Waals surface area contributed by atoms with Crippen molar-refractivity contribution >= 4 is 11.9 Å². The summed E-state index contributed by atoms with van der Waals surface area (Å²) in [5, 5.41) is 8.90. The maximum absolute atomic E-state index is 12.3. The van der Waals surface area contributed by atoms with Crippen molar-refractivity contribution in [2.75, 3.05) is 13.7 Å². The van der Waals surface area contributed by atoms with Gasteiger partial charge in [-0.3, -0.25) is 14.8 Å². The maximum Gasteiger partial charge on any atom is 0.317 e. The first kappa shape index (κ1) is 18.9. The molecule has 2 aromatic rings. The number of amides is 1. The van der Waals surface area contributed by atoms with E-state index < -0.39 is 23.2 Å². The molecule has 27 heavy (non-hydrogen) atoms. The number of hydrogen-bond acceptors (Lipinski definition) is 5. The second-order valence-corrected chi connectivity index (χ2v) is 6.81. The number of nitrogens with one attached hydrogen (secondary N) is 1. The molecule has 0 radical (unpaired) electrons. The highest BCUT2D eigenvalue weighted by Gasteiger charge is 2.65. The van der Waals surface area contributed by atoms with Crippen LogP contribution in [0.25, 0.3) is 0 Å². The van der Waals surface area contributed by atoms with E-state index in [1.807, 2.05) is 12.1 Å². The highest BCUT2D eigenvalue weighted by atomic mass is 16.5. The van der Waals surface area contributed by atoms with Gasteiger partial charge in [0.1, 0.15) is 11.2 Å². The summed E-state index contributed by atoms with van der Waals surface area (Å²) in [7, 11) is 1.29. The number of hydrogen-bond donors (Lipinski definition) is 2. The van der Waals surface area contributed by atoms with Crippen molar-refractivity contribution < 1.29 is 24.3 Å². The molecule has 0 aliphatic heterocycles. The van der Waals surface area contributed by atoms with E-state index in [1.165, 1.54) is 18.2 Å². The van der Waals surface area contributed by atoms with Gasteiger partial charge < -0.3 is 9.47 Å². The zero-order valence-electron chi connectivity index (χ0n) is 15.4. The van der Waals surface area contributed by atoms with Crippen LogP contribution in [-0.2, 0) is 26.2 Å². The fourth-order valence-electron chi connectivity index (χ4n) is 3.52. The molecule has 2 unspecified atom stereocenters. The molecular formula is C21H23NO5. The molecule has 1 aliphatic carbocycles. The van der Waals surface area contributed by atoms with Crippen LogP contribution in [0.3, 0.4) is 0 Å². The summed E-state index contributed by atoms with van der Waals surface area (Å²) in [5.41, 5.74) is 3.60. The van der Waals surface area contributed by atoms with Gasteiger partial charge in [-0.15, -0.1) is 0 Å². The minimum atomic E-state index is -1.07. The molecule has 1 saturated carbocycles. The molecule has 6 nitrogen and oxygen atoms in total. The predicted octanol–water partition coefficient (Wildman–Crippen LogP) is 2.55. The Morgan fingerprint density at radius 2 is 2.00 bits per heavy atom. The molecule has 2 atom stereocenters. The SMILES string of the molecule is COC(=O)C1(c2cccc(OCCc3cccc(C)c3)c2)CC1C(=O)NO. The third kappa shape index (κ3) is 3.80. The lowest BCUT2D eigenvalue weighted by molar-refractivity contribution is -0.146. The molecule has 0 bridgehead atoms. The van der Waals surface area contributed by atoms with Gasteiger partial charge in [0.05, 0.1) is 19.6 Å². The fraction of sp³-hybridized carbons (Fsp3) is 0.333. The van der Waals surface area contributed by atoms with Gasteiger partial charge in [-0.25, -0.2) is 5.48 Å². The summed E-state index contributed by atoms with van der Waals surface area (Å²) in [6, 6.07) is 15.4. The quantitative estimate of drug-likeness (QED) is 0.445. The second kappa shape index (κ2) is 7.80. The summed E-state index contributed by atoms with van der Waals surface area (Å²) in [5.74, 6) is -1.12. The standard InChI is InChI=1S/C21H23NO5/c1-14-5-3-6-15(11-14)9-10-27-17-8-4-7-16(12-17)21(20(24)26-2)13-18(21)19(23)22-25/h3-8,11-12,18,25H,9-10,13H2,1-2H3,(H,22,23). The zero-order valence-corrected chi connectivity index (χ0v) is 15.4. The number of hydroxylamine groups is 1.